The van der Waals surface area contributed by atoms with Crippen LogP contribution in [0.3, 0.4) is 0 Å². The zero-order valence-electron chi connectivity index (χ0n) is 12.2. The van der Waals surface area contributed by atoms with E-state index < -0.39 is 17.8 Å². The van der Waals surface area contributed by atoms with Crippen molar-refractivity contribution >= 4 is 23.5 Å². The maximum absolute atomic E-state index is 12.3. The minimum atomic E-state index is -0.959. The quantitative estimate of drug-likeness (QED) is 0.737. The Hall–Kier alpha value is -2.63. The molecule has 6 heteroatoms. The minimum Gasteiger partial charge on any atom is -0.481 e. The van der Waals surface area contributed by atoms with Crippen molar-refractivity contribution in [2.45, 2.75) is 12.8 Å². The molecule has 0 aromatic heterocycles. The van der Waals surface area contributed by atoms with Crippen molar-refractivity contribution in [3.8, 4) is 0 Å². The van der Waals surface area contributed by atoms with Gasteiger partial charge in [0.1, 0.15) is 0 Å². The fourth-order valence-corrected chi connectivity index (χ4v) is 2.46. The zero-order chi connectivity index (χ0) is 16.1. The van der Waals surface area contributed by atoms with Gasteiger partial charge in [0.25, 0.3) is 5.91 Å². The second-order valence-corrected chi connectivity index (χ2v) is 5.14. The number of hydrogen-bond acceptors (Lipinski definition) is 3. The Kier molecular flexibility index (Phi) is 4.93. The molecule has 0 saturated heterocycles. The Bertz CT molecular complexity index is 607. The second-order valence-electron chi connectivity index (χ2n) is 5.14. The van der Waals surface area contributed by atoms with E-state index in [0.717, 1.165) is 0 Å². The number of benzene rings is 1. The highest BCUT2D eigenvalue weighted by atomic mass is 16.4. The molecule has 1 aromatic carbocycles. The van der Waals surface area contributed by atoms with Gasteiger partial charge in [-0.05, 0) is 37.1 Å². The lowest BCUT2D eigenvalue weighted by molar-refractivity contribution is -0.146. The van der Waals surface area contributed by atoms with E-state index in [2.05, 4.69) is 10.6 Å². The highest BCUT2D eigenvalue weighted by Gasteiger charge is 2.33. The predicted octanol–water partition coefficient (Wildman–Crippen LogP) is 1.65. The predicted molar refractivity (Wildman–Crippen MR) is 81.5 cm³/mol. The molecule has 0 spiro atoms. The first-order valence-corrected chi connectivity index (χ1v) is 7.03. The average molecular weight is 302 g/mol. The largest absolute Gasteiger partial charge is 0.481 e. The number of aliphatic carboxylic acids is 1. The Labute approximate surface area is 128 Å². The van der Waals surface area contributed by atoms with Crippen molar-refractivity contribution in [3.05, 3.63) is 42.0 Å². The molecule has 1 aliphatic rings. The number of carbonyl (C=O) groups is 3. The van der Waals surface area contributed by atoms with Gasteiger partial charge in [0, 0.05) is 18.3 Å². The molecular formula is C16H18N2O4. The molecule has 1 aliphatic carbocycles. The molecule has 0 aliphatic heterocycles. The maximum Gasteiger partial charge on any atom is 0.307 e. The normalized spacial score (nSPS) is 20.2. The smallest absolute Gasteiger partial charge is 0.307 e. The van der Waals surface area contributed by atoms with E-state index in [4.69, 9.17) is 0 Å². The third-order valence-corrected chi connectivity index (χ3v) is 3.73. The number of carbonyl (C=O) groups excluding carboxylic acids is 2. The van der Waals surface area contributed by atoms with Crippen LogP contribution in [0.1, 0.15) is 23.2 Å². The van der Waals surface area contributed by atoms with Crippen LogP contribution in [-0.4, -0.2) is 29.9 Å². The van der Waals surface area contributed by atoms with Gasteiger partial charge in [0.15, 0.2) is 0 Å². The molecule has 6 nitrogen and oxygen atoms in total. The summed E-state index contributed by atoms with van der Waals surface area (Å²) in [7, 11) is 1.54. The van der Waals surface area contributed by atoms with E-state index in [1.165, 1.54) is 0 Å². The third-order valence-electron chi connectivity index (χ3n) is 3.73. The van der Waals surface area contributed by atoms with E-state index >= 15 is 0 Å². The number of anilines is 1. The van der Waals surface area contributed by atoms with Gasteiger partial charge in [-0.1, -0.05) is 12.2 Å². The highest BCUT2D eigenvalue weighted by molar-refractivity contribution is 5.97. The second kappa shape index (κ2) is 6.89. The number of nitrogens with one attached hydrogen (secondary N) is 2. The Balaban J connectivity index is 2.06. The lowest BCUT2D eigenvalue weighted by Crippen LogP contribution is -2.34. The molecule has 0 heterocycles. The fraction of sp³-hybridized carbons (Fsp3) is 0.312. The van der Waals surface area contributed by atoms with E-state index in [0.29, 0.717) is 24.1 Å². The van der Waals surface area contributed by atoms with Crippen LogP contribution in [0.25, 0.3) is 0 Å². The molecule has 2 unspecified atom stereocenters. The lowest BCUT2D eigenvalue weighted by atomic mass is 9.82. The van der Waals surface area contributed by atoms with Crippen LogP contribution in [0.15, 0.2) is 36.4 Å². The van der Waals surface area contributed by atoms with Gasteiger partial charge in [-0.3, -0.25) is 14.4 Å². The van der Waals surface area contributed by atoms with Crippen LogP contribution < -0.4 is 10.6 Å². The molecule has 2 atom stereocenters. The lowest BCUT2D eigenvalue weighted by Gasteiger charge is -2.24. The van der Waals surface area contributed by atoms with Crippen molar-refractivity contribution in [1.82, 2.24) is 5.32 Å². The standard InChI is InChI=1S/C16H18N2O4/c1-17-14(19)10-6-8-11(9-7-10)18-15(20)12-4-2-3-5-13(12)16(21)22/h2-3,6-9,12-13H,4-5H2,1H3,(H,17,19)(H,18,20)(H,21,22). The molecule has 0 radical (unpaired) electrons. The van der Waals surface area contributed by atoms with Gasteiger partial charge < -0.3 is 15.7 Å². The highest BCUT2D eigenvalue weighted by Crippen LogP contribution is 2.27. The van der Waals surface area contributed by atoms with E-state index in [1.54, 1.807) is 37.4 Å². The van der Waals surface area contributed by atoms with Crippen LogP contribution >= 0.6 is 0 Å². The van der Waals surface area contributed by atoms with Gasteiger partial charge in [0.2, 0.25) is 5.91 Å². The molecule has 0 saturated carbocycles. The topological polar surface area (TPSA) is 95.5 Å². The first-order valence-electron chi connectivity index (χ1n) is 7.03. The number of hydrogen-bond donors (Lipinski definition) is 3. The van der Waals surface area contributed by atoms with Crippen molar-refractivity contribution < 1.29 is 19.5 Å². The summed E-state index contributed by atoms with van der Waals surface area (Å²) in [5, 5.41) is 14.4. The summed E-state index contributed by atoms with van der Waals surface area (Å²) >= 11 is 0. The Morgan fingerprint density at radius 1 is 1.05 bits per heavy atom. The maximum atomic E-state index is 12.3. The zero-order valence-corrected chi connectivity index (χ0v) is 12.2. The summed E-state index contributed by atoms with van der Waals surface area (Å²) in [6, 6.07) is 6.45. The molecule has 0 bridgehead atoms. The van der Waals surface area contributed by atoms with E-state index in [1.807, 2.05) is 6.08 Å². The summed E-state index contributed by atoms with van der Waals surface area (Å²) < 4.78 is 0. The molecule has 3 N–H and O–H groups in total. The van der Waals surface area contributed by atoms with Crippen molar-refractivity contribution in [2.24, 2.45) is 11.8 Å². The van der Waals surface area contributed by atoms with Crippen molar-refractivity contribution in [1.29, 1.82) is 0 Å². The molecule has 116 valence electrons. The molecule has 22 heavy (non-hydrogen) atoms. The summed E-state index contributed by atoms with van der Waals surface area (Å²) in [5.41, 5.74) is 1.03. The number of amides is 2. The molecule has 0 fully saturated rings. The van der Waals surface area contributed by atoms with Crippen LogP contribution in [0, 0.1) is 11.8 Å². The number of carboxylic acid groups (broad SMARTS) is 1. The van der Waals surface area contributed by atoms with Gasteiger partial charge >= 0.3 is 5.97 Å². The number of allylic oxidation sites excluding steroid dienone is 2. The van der Waals surface area contributed by atoms with Crippen LogP contribution in [0.4, 0.5) is 5.69 Å². The molecule has 1 aromatic rings. The summed E-state index contributed by atoms with van der Waals surface area (Å²) in [4.78, 5) is 34.9. The molecule has 2 rings (SSSR count). The van der Waals surface area contributed by atoms with Gasteiger partial charge in [-0.15, -0.1) is 0 Å². The first kappa shape index (κ1) is 15.8. The van der Waals surface area contributed by atoms with Gasteiger partial charge in [-0.25, -0.2) is 0 Å². The van der Waals surface area contributed by atoms with Crippen LogP contribution in [-0.2, 0) is 9.59 Å². The SMILES string of the molecule is CNC(=O)c1ccc(NC(=O)C2CC=CCC2C(=O)O)cc1. The van der Waals surface area contributed by atoms with Crippen LogP contribution in [0.2, 0.25) is 0 Å². The molecule has 2 amide bonds. The van der Waals surface area contributed by atoms with Crippen molar-refractivity contribution in [2.75, 3.05) is 12.4 Å². The van der Waals surface area contributed by atoms with E-state index in [-0.39, 0.29) is 11.8 Å². The van der Waals surface area contributed by atoms with Gasteiger partial charge in [-0.2, -0.15) is 0 Å². The molecular weight excluding hydrogens is 284 g/mol. The number of carboxylic acids is 1. The first-order chi connectivity index (χ1) is 10.5. The fourth-order valence-electron chi connectivity index (χ4n) is 2.46. The Morgan fingerprint density at radius 3 is 2.18 bits per heavy atom. The van der Waals surface area contributed by atoms with E-state index in [9.17, 15) is 19.5 Å². The minimum absolute atomic E-state index is 0.207. The summed E-state index contributed by atoms with van der Waals surface area (Å²) in [6.45, 7) is 0. The van der Waals surface area contributed by atoms with Gasteiger partial charge in [0.05, 0.1) is 11.8 Å². The summed E-state index contributed by atoms with van der Waals surface area (Å²) in [5.74, 6) is -2.76. The number of rotatable bonds is 4. The van der Waals surface area contributed by atoms with Crippen molar-refractivity contribution in [3.63, 3.8) is 0 Å². The monoisotopic (exact) mass is 302 g/mol. The third kappa shape index (κ3) is 3.52. The Morgan fingerprint density at radius 2 is 1.64 bits per heavy atom. The van der Waals surface area contributed by atoms with Crippen LogP contribution in [0.5, 0.6) is 0 Å². The summed E-state index contributed by atoms with van der Waals surface area (Å²) in [6.07, 6.45) is 4.40. The average Bonchev–Trinajstić information content (AvgIpc) is 2.54.